The fraction of sp³-hybridized carbons (Fsp3) is 0.562. The minimum Gasteiger partial charge on any atom is -0.462 e. The minimum absolute atomic E-state index is 0.293. The van der Waals surface area contributed by atoms with Gasteiger partial charge in [0.15, 0.2) is 0 Å². The number of benzene rings is 2. The second-order valence-electron chi connectivity index (χ2n) is 9.76. The standard InChI is InChI=1S/C32H46O5/c1-3-5-6-7-8-9-10-11-12-13-14-15-16-17-22-28-26(24-20-25-30(28)37-32(34)35)27-21-18-19-23-29(27)31(33)36-4-2/h18-21,23-25H,3-17,22H2,1-2H3,(H,34,35). The van der Waals surface area contributed by atoms with E-state index in [0.29, 0.717) is 24.3 Å². The van der Waals surface area contributed by atoms with Gasteiger partial charge < -0.3 is 14.6 Å². The average Bonchev–Trinajstić information content (AvgIpc) is 2.89. The van der Waals surface area contributed by atoms with E-state index in [1.807, 2.05) is 18.2 Å². The van der Waals surface area contributed by atoms with Gasteiger partial charge in [0.25, 0.3) is 0 Å². The number of hydrogen-bond acceptors (Lipinski definition) is 4. The van der Waals surface area contributed by atoms with E-state index >= 15 is 0 Å². The molecule has 37 heavy (non-hydrogen) atoms. The Bertz CT molecular complexity index is 937. The van der Waals surface area contributed by atoms with Gasteiger partial charge in [0.1, 0.15) is 5.75 Å². The lowest BCUT2D eigenvalue weighted by Crippen LogP contribution is -2.09. The Morgan fingerprint density at radius 2 is 1.22 bits per heavy atom. The van der Waals surface area contributed by atoms with Crippen LogP contribution in [-0.2, 0) is 11.2 Å². The molecule has 0 saturated heterocycles. The summed E-state index contributed by atoms with van der Waals surface area (Å²) in [4.78, 5) is 23.9. The Morgan fingerprint density at radius 3 is 1.78 bits per heavy atom. The molecule has 0 aliphatic rings. The van der Waals surface area contributed by atoms with Crippen LogP contribution in [0.1, 0.15) is 120 Å². The van der Waals surface area contributed by atoms with Crippen LogP contribution in [0, 0.1) is 0 Å². The number of unbranched alkanes of at least 4 members (excludes halogenated alkanes) is 13. The van der Waals surface area contributed by atoms with Gasteiger partial charge in [0.2, 0.25) is 0 Å². The second kappa shape index (κ2) is 18.4. The van der Waals surface area contributed by atoms with Gasteiger partial charge in [-0.2, -0.15) is 0 Å². The fourth-order valence-corrected chi connectivity index (χ4v) is 4.87. The smallest absolute Gasteiger partial charge is 0.462 e. The zero-order chi connectivity index (χ0) is 26.7. The van der Waals surface area contributed by atoms with Crippen LogP contribution in [0.2, 0.25) is 0 Å². The molecule has 0 aliphatic carbocycles. The highest BCUT2D eigenvalue weighted by Gasteiger charge is 2.19. The lowest BCUT2D eigenvalue weighted by molar-refractivity contribution is 0.0527. The van der Waals surface area contributed by atoms with Crippen LogP contribution in [0.15, 0.2) is 42.5 Å². The first kappa shape index (κ1) is 30.4. The fourth-order valence-electron chi connectivity index (χ4n) is 4.87. The monoisotopic (exact) mass is 510 g/mol. The van der Waals surface area contributed by atoms with Crippen molar-refractivity contribution in [2.75, 3.05) is 6.61 Å². The third kappa shape index (κ3) is 11.4. The summed E-state index contributed by atoms with van der Waals surface area (Å²) < 4.78 is 10.4. The number of ether oxygens (including phenoxy) is 2. The van der Waals surface area contributed by atoms with Crippen LogP contribution in [0.25, 0.3) is 11.1 Å². The molecular weight excluding hydrogens is 464 g/mol. The topological polar surface area (TPSA) is 72.8 Å². The first-order valence-electron chi connectivity index (χ1n) is 14.4. The normalized spacial score (nSPS) is 10.9. The van der Waals surface area contributed by atoms with E-state index in [-0.39, 0.29) is 5.97 Å². The van der Waals surface area contributed by atoms with Gasteiger partial charge in [-0.1, -0.05) is 121 Å². The van der Waals surface area contributed by atoms with Crippen molar-refractivity contribution in [2.24, 2.45) is 0 Å². The van der Waals surface area contributed by atoms with E-state index in [1.54, 1.807) is 31.2 Å². The predicted molar refractivity (Wildman–Crippen MR) is 151 cm³/mol. The lowest BCUT2D eigenvalue weighted by Gasteiger charge is -2.16. The maximum absolute atomic E-state index is 12.6. The van der Waals surface area contributed by atoms with Crippen LogP contribution in [-0.4, -0.2) is 23.8 Å². The molecule has 5 nitrogen and oxygen atoms in total. The average molecular weight is 511 g/mol. The van der Waals surface area contributed by atoms with Crippen LogP contribution in [0.3, 0.4) is 0 Å². The van der Waals surface area contributed by atoms with Crippen molar-refractivity contribution in [1.29, 1.82) is 0 Å². The number of carbonyl (C=O) groups is 2. The van der Waals surface area contributed by atoms with Gasteiger partial charge in [-0.3, -0.25) is 0 Å². The van der Waals surface area contributed by atoms with E-state index in [9.17, 15) is 14.7 Å². The van der Waals surface area contributed by atoms with Crippen LogP contribution >= 0.6 is 0 Å². The van der Waals surface area contributed by atoms with E-state index in [1.165, 1.54) is 77.0 Å². The van der Waals surface area contributed by atoms with Gasteiger partial charge >= 0.3 is 12.1 Å². The molecule has 0 spiro atoms. The summed E-state index contributed by atoms with van der Waals surface area (Å²) in [5.74, 6) is -0.0524. The molecule has 0 saturated carbocycles. The van der Waals surface area contributed by atoms with Crippen molar-refractivity contribution in [2.45, 2.75) is 110 Å². The zero-order valence-electron chi connectivity index (χ0n) is 22.9. The van der Waals surface area contributed by atoms with E-state index in [2.05, 4.69) is 6.92 Å². The summed E-state index contributed by atoms with van der Waals surface area (Å²) in [5, 5.41) is 9.26. The second-order valence-corrected chi connectivity index (χ2v) is 9.76. The Morgan fingerprint density at radius 1 is 0.676 bits per heavy atom. The summed E-state index contributed by atoms with van der Waals surface area (Å²) in [7, 11) is 0. The van der Waals surface area contributed by atoms with Crippen molar-refractivity contribution in [3.8, 4) is 16.9 Å². The quantitative estimate of drug-likeness (QED) is 0.116. The molecular formula is C32H46O5. The number of carbonyl (C=O) groups excluding carboxylic acids is 1. The zero-order valence-corrected chi connectivity index (χ0v) is 22.9. The van der Waals surface area contributed by atoms with Crippen LogP contribution < -0.4 is 4.74 Å². The molecule has 0 atom stereocenters. The Kier molecular flexibility index (Phi) is 15.1. The first-order chi connectivity index (χ1) is 18.1. The molecule has 0 heterocycles. The molecule has 0 aromatic heterocycles. The molecule has 2 aromatic carbocycles. The molecule has 2 rings (SSSR count). The molecule has 0 fully saturated rings. The van der Waals surface area contributed by atoms with Gasteiger partial charge in [0, 0.05) is 5.56 Å². The minimum atomic E-state index is -1.34. The SMILES string of the molecule is CCCCCCCCCCCCCCCCc1c(OC(=O)O)cccc1-c1ccccc1C(=O)OCC. The lowest BCUT2D eigenvalue weighted by atomic mass is 9.92. The maximum atomic E-state index is 12.6. The summed E-state index contributed by atoms with van der Waals surface area (Å²) in [6.07, 6.45) is 17.3. The number of rotatable bonds is 19. The van der Waals surface area contributed by atoms with E-state index < -0.39 is 6.16 Å². The van der Waals surface area contributed by atoms with Gasteiger partial charge in [0.05, 0.1) is 12.2 Å². The van der Waals surface area contributed by atoms with Crippen molar-refractivity contribution in [3.05, 3.63) is 53.6 Å². The number of carboxylic acid groups (broad SMARTS) is 1. The highest BCUT2D eigenvalue weighted by Crippen LogP contribution is 2.34. The largest absolute Gasteiger partial charge is 0.511 e. The molecule has 1 N–H and O–H groups in total. The van der Waals surface area contributed by atoms with Crippen molar-refractivity contribution in [3.63, 3.8) is 0 Å². The Hall–Kier alpha value is -2.82. The van der Waals surface area contributed by atoms with Gasteiger partial charge in [-0.25, -0.2) is 9.59 Å². The number of esters is 1. The summed E-state index contributed by atoms with van der Waals surface area (Å²) in [6, 6.07) is 12.7. The molecule has 0 aliphatic heterocycles. The van der Waals surface area contributed by atoms with Crippen molar-refractivity contribution < 1.29 is 24.2 Å². The summed E-state index contributed by atoms with van der Waals surface area (Å²) in [6.45, 7) is 4.34. The maximum Gasteiger partial charge on any atom is 0.511 e. The van der Waals surface area contributed by atoms with E-state index in [0.717, 1.165) is 29.5 Å². The predicted octanol–water partition coefficient (Wildman–Crippen LogP) is 9.61. The Balaban J connectivity index is 1.88. The highest BCUT2D eigenvalue weighted by atomic mass is 16.7. The van der Waals surface area contributed by atoms with Gasteiger partial charge in [-0.05, 0) is 43.0 Å². The highest BCUT2D eigenvalue weighted by molar-refractivity contribution is 5.98. The molecule has 5 heteroatoms. The molecule has 0 amide bonds. The van der Waals surface area contributed by atoms with Crippen molar-refractivity contribution in [1.82, 2.24) is 0 Å². The van der Waals surface area contributed by atoms with Gasteiger partial charge in [-0.15, -0.1) is 0 Å². The molecule has 0 unspecified atom stereocenters. The third-order valence-electron chi connectivity index (χ3n) is 6.82. The first-order valence-corrected chi connectivity index (χ1v) is 14.4. The van der Waals surface area contributed by atoms with Crippen LogP contribution in [0.4, 0.5) is 4.79 Å². The Labute approximate surface area is 223 Å². The summed E-state index contributed by atoms with van der Waals surface area (Å²) in [5.41, 5.74) is 2.84. The number of hydrogen-bond donors (Lipinski definition) is 1. The van der Waals surface area contributed by atoms with Crippen molar-refractivity contribution >= 4 is 12.1 Å². The van der Waals surface area contributed by atoms with Crippen LogP contribution in [0.5, 0.6) is 5.75 Å². The van der Waals surface area contributed by atoms with E-state index in [4.69, 9.17) is 9.47 Å². The third-order valence-corrected chi connectivity index (χ3v) is 6.82. The molecule has 0 radical (unpaired) electrons. The summed E-state index contributed by atoms with van der Waals surface area (Å²) >= 11 is 0. The molecule has 0 bridgehead atoms. The molecule has 2 aromatic rings. The molecule has 204 valence electrons.